The average molecular weight is 358 g/mol. The third kappa shape index (κ3) is 5.72. The molecule has 0 aromatic heterocycles. The molecule has 0 saturated carbocycles. The fourth-order valence-corrected chi connectivity index (χ4v) is 4.17. The molecule has 0 aliphatic rings. The van der Waals surface area contributed by atoms with Gasteiger partial charge in [-0.2, -0.15) is 0 Å². The van der Waals surface area contributed by atoms with Crippen molar-refractivity contribution >= 4 is 16.9 Å². The second-order valence-electron chi connectivity index (χ2n) is 5.02. The molecule has 3 rings (SSSR count). The molecule has 0 heterocycles. The summed E-state index contributed by atoms with van der Waals surface area (Å²) in [6.07, 6.45) is 0. The second-order valence-corrected chi connectivity index (χ2v) is 7.05. The Kier molecular flexibility index (Phi) is 6.71. The van der Waals surface area contributed by atoms with Gasteiger partial charge in [0, 0.05) is 5.97 Å². The third-order valence-corrected chi connectivity index (χ3v) is 5.31. The molecular weight excluding hydrogens is 342 g/mol. The Morgan fingerprint density at radius 2 is 1.04 bits per heavy atom. The summed E-state index contributed by atoms with van der Waals surface area (Å²) in [4.78, 5) is 12.0. The number of rotatable bonds is 3. The maximum atomic E-state index is 13.2. The normalized spacial score (nSPS) is 10.1. The van der Waals surface area contributed by atoms with Crippen LogP contribution in [-0.2, 0) is 15.7 Å². The molecule has 5 heteroatoms. The summed E-state index contributed by atoms with van der Waals surface area (Å²) in [5, 5.41) is 8.89. The Morgan fingerprint density at radius 3 is 1.40 bits per heavy atom. The smallest absolute Gasteiger partial charge is 0.166 e. The number of benzene rings is 3. The highest BCUT2D eigenvalue weighted by atomic mass is 32.2. The Bertz CT molecular complexity index is 754. The van der Waals surface area contributed by atoms with E-state index >= 15 is 0 Å². The monoisotopic (exact) mass is 358 g/mol. The first-order chi connectivity index (χ1) is 12.0. The summed E-state index contributed by atoms with van der Waals surface area (Å²) in [7, 11) is -0.365. The maximum absolute atomic E-state index is 13.2. The highest BCUT2D eigenvalue weighted by Crippen LogP contribution is 2.31. The molecule has 0 amide bonds. The fourth-order valence-electron chi connectivity index (χ4n) is 2.11. The SMILES string of the molecule is CC(=O)[O-].Fc1ccc([S+](c2ccccc2)c2ccc(F)cc2)cc1. The first kappa shape index (κ1) is 18.7. The second kappa shape index (κ2) is 8.99. The minimum atomic E-state index is -1.08. The van der Waals surface area contributed by atoms with E-state index in [-0.39, 0.29) is 22.5 Å². The van der Waals surface area contributed by atoms with Crippen molar-refractivity contribution in [3.63, 3.8) is 0 Å². The number of hydrogen-bond donors (Lipinski definition) is 0. The standard InChI is InChI=1S/C18H13F2S.C2H4O2/c19-14-6-10-17(11-7-14)21(16-4-2-1-3-5-16)18-12-8-15(20)9-13-18;1-2(3)4/h1-13H;1H3,(H,3,4)/q+1;/p-1. The van der Waals surface area contributed by atoms with E-state index in [0.717, 1.165) is 21.6 Å². The van der Waals surface area contributed by atoms with Crippen LogP contribution in [0.15, 0.2) is 93.5 Å². The van der Waals surface area contributed by atoms with Crippen LogP contribution in [0.4, 0.5) is 8.78 Å². The van der Waals surface area contributed by atoms with Gasteiger partial charge in [0.1, 0.15) is 11.6 Å². The zero-order chi connectivity index (χ0) is 18.2. The summed E-state index contributed by atoms with van der Waals surface area (Å²) < 4.78 is 26.3. The highest BCUT2D eigenvalue weighted by molar-refractivity contribution is 7.97. The van der Waals surface area contributed by atoms with Crippen molar-refractivity contribution in [2.24, 2.45) is 0 Å². The van der Waals surface area contributed by atoms with Gasteiger partial charge >= 0.3 is 0 Å². The van der Waals surface area contributed by atoms with Gasteiger partial charge in [-0.05, 0) is 67.6 Å². The molecule has 0 aliphatic carbocycles. The minimum absolute atomic E-state index is 0.255. The lowest BCUT2D eigenvalue weighted by Gasteiger charge is -2.07. The van der Waals surface area contributed by atoms with Gasteiger partial charge in [0.25, 0.3) is 0 Å². The summed E-state index contributed by atoms with van der Waals surface area (Å²) in [6, 6.07) is 23.0. The summed E-state index contributed by atoms with van der Waals surface area (Å²) in [5.41, 5.74) is 0. The van der Waals surface area contributed by atoms with Crippen LogP contribution in [0.5, 0.6) is 0 Å². The number of carbonyl (C=O) groups excluding carboxylic acids is 1. The number of halogens is 2. The first-order valence-corrected chi connectivity index (χ1v) is 8.68. The molecule has 0 atom stereocenters. The molecule has 2 nitrogen and oxygen atoms in total. The molecule has 0 bridgehead atoms. The van der Waals surface area contributed by atoms with Crippen molar-refractivity contribution in [3.8, 4) is 0 Å². The fraction of sp³-hybridized carbons (Fsp3) is 0.0500. The van der Waals surface area contributed by atoms with Crippen LogP contribution in [0.1, 0.15) is 6.92 Å². The molecule has 0 unspecified atom stereocenters. The molecule has 0 saturated heterocycles. The minimum Gasteiger partial charge on any atom is -0.550 e. The third-order valence-electron chi connectivity index (χ3n) is 3.08. The van der Waals surface area contributed by atoms with E-state index in [4.69, 9.17) is 9.90 Å². The maximum Gasteiger partial charge on any atom is 0.166 e. The lowest BCUT2D eigenvalue weighted by atomic mass is 10.3. The lowest BCUT2D eigenvalue weighted by Crippen LogP contribution is -2.16. The van der Waals surface area contributed by atoms with E-state index in [0.29, 0.717) is 0 Å². The molecular formula is C20H16F2O2S. The Morgan fingerprint density at radius 1 is 0.720 bits per heavy atom. The van der Waals surface area contributed by atoms with Gasteiger partial charge in [-0.1, -0.05) is 18.2 Å². The van der Waals surface area contributed by atoms with E-state index in [1.54, 1.807) is 24.3 Å². The van der Waals surface area contributed by atoms with Crippen LogP contribution in [0, 0.1) is 11.6 Å². The van der Waals surface area contributed by atoms with Gasteiger partial charge in [0.15, 0.2) is 14.7 Å². The Labute approximate surface area is 148 Å². The Balaban J connectivity index is 0.000000511. The van der Waals surface area contributed by atoms with Crippen LogP contribution in [-0.4, -0.2) is 5.97 Å². The lowest BCUT2D eigenvalue weighted by molar-refractivity contribution is -0.302. The van der Waals surface area contributed by atoms with E-state index in [1.165, 1.54) is 24.3 Å². The number of carboxylic acid groups (broad SMARTS) is 1. The highest BCUT2D eigenvalue weighted by Gasteiger charge is 2.28. The zero-order valence-corrected chi connectivity index (χ0v) is 14.3. The summed E-state index contributed by atoms with van der Waals surface area (Å²) in [5.74, 6) is -1.59. The van der Waals surface area contributed by atoms with Crippen molar-refractivity contribution in [1.29, 1.82) is 0 Å². The molecule has 3 aromatic carbocycles. The van der Waals surface area contributed by atoms with Crippen LogP contribution in [0.25, 0.3) is 0 Å². The van der Waals surface area contributed by atoms with Crippen molar-refractivity contribution in [1.82, 2.24) is 0 Å². The molecule has 0 N–H and O–H groups in total. The summed E-state index contributed by atoms with van der Waals surface area (Å²) >= 11 is 0. The predicted molar refractivity (Wildman–Crippen MR) is 92.1 cm³/mol. The topological polar surface area (TPSA) is 40.1 Å². The predicted octanol–water partition coefficient (Wildman–Crippen LogP) is 3.82. The molecule has 0 aliphatic heterocycles. The summed E-state index contributed by atoms with van der Waals surface area (Å²) in [6.45, 7) is 0.972. The van der Waals surface area contributed by atoms with Gasteiger partial charge in [0.05, 0.1) is 10.9 Å². The first-order valence-electron chi connectivity index (χ1n) is 7.45. The van der Waals surface area contributed by atoms with Crippen LogP contribution >= 0.6 is 0 Å². The molecule has 0 fully saturated rings. The quantitative estimate of drug-likeness (QED) is 0.668. The number of carboxylic acids is 1. The van der Waals surface area contributed by atoms with Gasteiger partial charge in [-0.15, -0.1) is 0 Å². The number of hydrogen-bond acceptors (Lipinski definition) is 2. The molecule has 3 aromatic rings. The van der Waals surface area contributed by atoms with Crippen molar-refractivity contribution in [2.45, 2.75) is 21.6 Å². The molecule has 0 radical (unpaired) electrons. The van der Waals surface area contributed by atoms with Crippen LogP contribution in [0.3, 0.4) is 0 Å². The van der Waals surface area contributed by atoms with Crippen molar-refractivity contribution in [3.05, 3.63) is 90.5 Å². The Hall–Kier alpha value is -2.66. The van der Waals surface area contributed by atoms with Gasteiger partial charge in [0.2, 0.25) is 0 Å². The largest absolute Gasteiger partial charge is 0.550 e. The van der Waals surface area contributed by atoms with Gasteiger partial charge < -0.3 is 9.90 Å². The molecule has 0 spiro atoms. The zero-order valence-electron chi connectivity index (χ0n) is 13.5. The van der Waals surface area contributed by atoms with Gasteiger partial charge in [-0.3, -0.25) is 0 Å². The van der Waals surface area contributed by atoms with Crippen LogP contribution in [0.2, 0.25) is 0 Å². The van der Waals surface area contributed by atoms with E-state index in [9.17, 15) is 8.78 Å². The van der Waals surface area contributed by atoms with Crippen molar-refractivity contribution in [2.75, 3.05) is 0 Å². The van der Waals surface area contributed by atoms with E-state index in [1.807, 2.05) is 30.3 Å². The molecule has 25 heavy (non-hydrogen) atoms. The van der Waals surface area contributed by atoms with Crippen LogP contribution < -0.4 is 5.11 Å². The van der Waals surface area contributed by atoms with Crippen molar-refractivity contribution < 1.29 is 18.7 Å². The molecule has 128 valence electrons. The number of carbonyl (C=O) groups is 1. The van der Waals surface area contributed by atoms with Gasteiger partial charge in [-0.25, -0.2) is 8.78 Å². The van der Waals surface area contributed by atoms with E-state index in [2.05, 4.69) is 0 Å². The number of aliphatic carboxylic acids is 1. The van der Waals surface area contributed by atoms with E-state index < -0.39 is 5.97 Å². The average Bonchev–Trinajstić information content (AvgIpc) is 2.59.